The van der Waals surface area contributed by atoms with Gasteiger partial charge in [-0.15, -0.1) is 0 Å². The van der Waals surface area contributed by atoms with Crippen molar-refractivity contribution < 1.29 is 14.3 Å². The summed E-state index contributed by atoms with van der Waals surface area (Å²) in [5.74, 6) is 0.0654. The molecule has 0 aliphatic rings. The van der Waals surface area contributed by atoms with Gasteiger partial charge >= 0.3 is 0 Å². The maximum atomic E-state index is 12.0. The number of amides is 2. The Hall–Kier alpha value is -2.64. The Balaban J connectivity index is 1.58. The van der Waals surface area contributed by atoms with Crippen LogP contribution in [0, 0.1) is 0 Å². The molecule has 0 radical (unpaired) electrons. The number of aromatic nitrogens is 1. The highest BCUT2D eigenvalue weighted by Crippen LogP contribution is 2.29. The van der Waals surface area contributed by atoms with Gasteiger partial charge in [0.2, 0.25) is 5.91 Å². The summed E-state index contributed by atoms with van der Waals surface area (Å²) >= 11 is 7.13. The molecule has 1 heterocycles. The van der Waals surface area contributed by atoms with Gasteiger partial charge in [0.05, 0.1) is 23.4 Å². The Kier molecular flexibility index (Phi) is 5.70. The number of fused-ring (bicyclic) bond motifs is 1. The van der Waals surface area contributed by atoms with Gasteiger partial charge in [-0.05, 0) is 49.4 Å². The summed E-state index contributed by atoms with van der Waals surface area (Å²) in [4.78, 5) is 28.4. The molecule has 2 N–H and O–H groups in total. The van der Waals surface area contributed by atoms with E-state index < -0.39 is 0 Å². The number of hydrogen-bond donors (Lipinski definition) is 2. The van der Waals surface area contributed by atoms with E-state index in [1.807, 2.05) is 25.1 Å². The molecule has 0 bridgehead atoms. The predicted octanol–water partition coefficient (Wildman–Crippen LogP) is 3.72. The van der Waals surface area contributed by atoms with Crippen LogP contribution in [0.5, 0.6) is 5.75 Å². The topological polar surface area (TPSA) is 80.3 Å². The van der Waals surface area contributed by atoms with Crippen molar-refractivity contribution in [3.8, 4) is 5.75 Å². The summed E-state index contributed by atoms with van der Waals surface area (Å²) in [6.07, 6.45) is 0. The Labute approximate surface area is 159 Å². The van der Waals surface area contributed by atoms with E-state index in [0.717, 1.165) is 16.0 Å². The van der Waals surface area contributed by atoms with Crippen LogP contribution in [0.4, 0.5) is 5.13 Å². The molecule has 0 aliphatic carbocycles. The van der Waals surface area contributed by atoms with Gasteiger partial charge in [0.25, 0.3) is 5.91 Å². The number of carbonyl (C=O) groups excluding carboxylic acids is 2. The Morgan fingerprint density at radius 2 is 1.96 bits per heavy atom. The number of nitrogens with one attached hydrogen (secondary N) is 2. The van der Waals surface area contributed by atoms with E-state index in [4.69, 9.17) is 16.3 Å². The van der Waals surface area contributed by atoms with Crippen molar-refractivity contribution in [3.63, 3.8) is 0 Å². The molecule has 2 aromatic carbocycles. The van der Waals surface area contributed by atoms with E-state index in [1.54, 1.807) is 24.3 Å². The summed E-state index contributed by atoms with van der Waals surface area (Å²) in [6.45, 7) is 2.35. The Morgan fingerprint density at radius 1 is 1.19 bits per heavy atom. The maximum Gasteiger partial charge on any atom is 0.251 e. The zero-order valence-electron chi connectivity index (χ0n) is 13.9. The van der Waals surface area contributed by atoms with E-state index in [2.05, 4.69) is 15.6 Å². The van der Waals surface area contributed by atoms with Crippen molar-refractivity contribution in [2.24, 2.45) is 0 Å². The summed E-state index contributed by atoms with van der Waals surface area (Å²) in [5.41, 5.74) is 1.21. The van der Waals surface area contributed by atoms with Gasteiger partial charge in [0.15, 0.2) is 5.13 Å². The number of carbonyl (C=O) groups is 2. The van der Waals surface area contributed by atoms with Crippen LogP contribution < -0.4 is 15.4 Å². The van der Waals surface area contributed by atoms with Gasteiger partial charge < -0.3 is 15.4 Å². The molecule has 0 atom stereocenters. The first kappa shape index (κ1) is 18.2. The fourth-order valence-electron chi connectivity index (χ4n) is 2.24. The molecule has 1 aromatic heterocycles. The summed E-state index contributed by atoms with van der Waals surface area (Å²) < 4.78 is 6.37. The van der Waals surface area contributed by atoms with Crippen molar-refractivity contribution in [1.29, 1.82) is 0 Å². The normalized spacial score (nSPS) is 10.5. The van der Waals surface area contributed by atoms with Crippen LogP contribution in [0.3, 0.4) is 0 Å². The van der Waals surface area contributed by atoms with Gasteiger partial charge in [-0.25, -0.2) is 4.98 Å². The first-order valence-electron chi connectivity index (χ1n) is 7.92. The first-order valence-corrected chi connectivity index (χ1v) is 9.11. The van der Waals surface area contributed by atoms with Crippen LogP contribution >= 0.6 is 22.9 Å². The fraction of sp³-hybridized carbons (Fsp3) is 0.167. The molecule has 2 amide bonds. The molecule has 0 aliphatic heterocycles. The number of thiazole rings is 1. The number of benzene rings is 2. The van der Waals surface area contributed by atoms with E-state index in [0.29, 0.717) is 22.3 Å². The minimum atomic E-state index is -0.351. The number of hydrogen-bond acceptors (Lipinski definition) is 5. The van der Waals surface area contributed by atoms with Crippen LogP contribution in [0.15, 0.2) is 42.5 Å². The average Bonchev–Trinajstić information content (AvgIpc) is 3.02. The van der Waals surface area contributed by atoms with Crippen molar-refractivity contribution in [2.45, 2.75) is 6.92 Å². The van der Waals surface area contributed by atoms with Crippen LogP contribution in [0.1, 0.15) is 17.3 Å². The molecule has 8 heteroatoms. The number of anilines is 1. The molecule has 134 valence electrons. The lowest BCUT2D eigenvalue weighted by Gasteiger charge is -2.05. The SMILES string of the molecule is CCOc1ccc2nc(NC(=O)CNC(=O)c3ccc(Cl)cc3)sc2c1. The predicted molar refractivity (Wildman–Crippen MR) is 103 cm³/mol. The molecule has 26 heavy (non-hydrogen) atoms. The van der Waals surface area contributed by atoms with Crippen LogP contribution in [-0.4, -0.2) is 29.9 Å². The second kappa shape index (κ2) is 8.16. The van der Waals surface area contributed by atoms with Crippen molar-refractivity contribution in [1.82, 2.24) is 10.3 Å². The molecule has 0 spiro atoms. The van der Waals surface area contributed by atoms with E-state index in [9.17, 15) is 9.59 Å². The quantitative estimate of drug-likeness (QED) is 0.673. The fourth-order valence-corrected chi connectivity index (χ4v) is 3.28. The second-order valence-electron chi connectivity index (χ2n) is 5.32. The van der Waals surface area contributed by atoms with Crippen molar-refractivity contribution in [3.05, 3.63) is 53.1 Å². The lowest BCUT2D eigenvalue weighted by molar-refractivity contribution is -0.115. The molecule has 3 rings (SSSR count). The zero-order chi connectivity index (χ0) is 18.5. The van der Waals surface area contributed by atoms with Gasteiger partial charge in [-0.3, -0.25) is 9.59 Å². The lowest BCUT2D eigenvalue weighted by atomic mass is 10.2. The van der Waals surface area contributed by atoms with Crippen LogP contribution in [0.25, 0.3) is 10.2 Å². The summed E-state index contributed by atoms with van der Waals surface area (Å²) in [5, 5.41) is 6.27. The molecule has 0 unspecified atom stereocenters. The largest absolute Gasteiger partial charge is 0.494 e. The average molecular weight is 390 g/mol. The molecular formula is C18H16ClN3O3S. The highest BCUT2D eigenvalue weighted by molar-refractivity contribution is 7.22. The minimum absolute atomic E-state index is 0.151. The van der Waals surface area contributed by atoms with Gasteiger partial charge in [0.1, 0.15) is 5.75 Å². The van der Waals surface area contributed by atoms with Crippen molar-refractivity contribution >= 4 is 50.1 Å². The monoisotopic (exact) mass is 389 g/mol. The third-order valence-electron chi connectivity index (χ3n) is 3.43. The van der Waals surface area contributed by atoms with E-state index in [1.165, 1.54) is 11.3 Å². The Bertz CT molecular complexity index is 941. The molecule has 3 aromatic rings. The first-order chi connectivity index (χ1) is 12.5. The number of nitrogens with zero attached hydrogens (tertiary/aromatic N) is 1. The number of halogens is 1. The van der Waals surface area contributed by atoms with Crippen LogP contribution in [-0.2, 0) is 4.79 Å². The van der Waals surface area contributed by atoms with Gasteiger partial charge in [0, 0.05) is 10.6 Å². The van der Waals surface area contributed by atoms with E-state index in [-0.39, 0.29) is 18.4 Å². The molecule has 6 nitrogen and oxygen atoms in total. The number of rotatable bonds is 6. The molecular weight excluding hydrogens is 374 g/mol. The third-order valence-corrected chi connectivity index (χ3v) is 4.62. The van der Waals surface area contributed by atoms with E-state index >= 15 is 0 Å². The number of ether oxygens (including phenoxy) is 1. The maximum absolute atomic E-state index is 12.0. The highest BCUT2D eigenvalue weighted by atomic mass is 35.5. The summed E-state index contributed by atoms with van der Waals surface area (Å²) in [7, 11) is 0. The molecule has 0 saturated heterocycles. The highest BCUT2D eigenvalue weighted by Gasteiger charge is 2.11. The standard InChI is InChI=1S/C18H16ClN3O3S/c1-2-25-13-7-8-14-15(9-13)26-18(21-14)22-16(23)10-20-17(24)11-3-5-12(19)6-4-11/h3-9H,2,10H2,1H3,(H,20,24)(H,21,22,23). The molecule has 0 saturated carbocycles. The smallest absolute Gasteiger partial charge is 0.251 e. The second-order valence-corrected chi connectivity index (χ2v) is 6.79. The summed E-state index contributed by atoms with van der Waals surface area (Å²) in [6, 6.07) is 12.0. The zero-order valence-corrected chi connectivity index (χ0v) is 15.5. The van der Waals surface area contributed by atoms with Crippen LogP contribution in [0.2, 0.25) is 5.02 Å². The van der Waals surface area contributed by atoms with Gasteiger partial charge in [-0.1, -0.05) is 22.9 Å². The van der Waals surface area contributed by atoms with Gasteiger partial charge in [-0.2, -0.15) is 0 Å². The third kappa shape index (κ3) is 4.50. The Morgan fingerprint density at radius 3 is 2.69 bits per heavy atom. The molecule has 0 fully saturated rings. The van der Waals surface area contributed by atoms with Crippen molar-refractivity contribution in [2.75, 3.05) is 18.5 Å². The lowest BCUT2D eigenvalue weighted by Crippen LogP contribution is -2.32. The minimum Gasteiger partial charge on any atom is -0.494 e.